The monoisotopic (exact) mass is 927 g/mol. The predicted octanol–water partition coefficient (Wildman–Crippen LogP) is 7.10. The molecule has 4 N–H and O–H groups in total. The standard InChI is InChI=1S/C16H9F26O4P.C4H11NO4/c17-1(5(21)22)3(19)9(27,28)13(35,36)15(39,40)11(31,32)7(25)45-47(43,44)46-8(26)12(33,34)16(41,42)14(37,38)10(29,30)4(20)2(18)6(23)24;6-1-3-8-5-9-4-2-7/h1-8H,(H,43,44);5-7H,1-4H2. The molecule has 36 heteroatoms. The second kappa shape index (κ2) is 19.9. The fourth-order valence-corrected chi connectivity index (χ4v) is 3.51. The van der Waals surface area contributed by atoms with Gasteiger partial charge in [0.25, 0.3) is 25.6 Å². The molecule has 340 valence electrons. The number of hydrogen-bond donors (Lipinski definition) is 4. The van der Waals surface area contributed by atoms with Crippen LogP contribution in [0.15, 0.2) is 0 Å². The van der Waals surface area contributed by atoms with Crippen molar-refractivity contribution in [2.75, 3.05) is 26.4 Å². The number of halogens is 26. The van der Waals surface area contributed by atoms with E-state index in [1.54, 1.807) is 0 Å². The topological polar surface area (TPSA) is 127 Å². The van der Waals surface area contributed by atoms with Gasteiger partial charge in [-0.2, -0.15) is 70.2 Å². The van der Waals surface area contributed by atoms with Gasteiger partial charge < -0.3 is 15.1 Å². The summed E-state index contributed by atoms with van der Waals surface area (Å²) in [5.41, 5.74) is 2.07. The molecule has 0 bridgehead atoms. The highest BCUT2D eigenvalue weighted by Gasteiger charge is 2.87. The van der Waals surface area contributed by atoms with Crippen molar-refractivity contribution in [1.82, 2.24) is 5.64 Å². The quantitative estimate of drug-likeness (QED) is 0.0348. The van der Waals surface area contributed by atoms with E-state index in [0.29, 0.717) is 0 Å². The fraction of sp³-hybridized carbons (Fsp3) is 1.00. The average molecular weight is 927 g/mol. The summed E-state index contributed by atoms with van der Waals surface area (Å²) in [5, 5.41) is 16.3. The number of aliphatic hydroxyl groups excluding tert-OH is 2. The van der Waals surface area contributed by atoms with Crippen molar-refractivity contribution in [2.45, 2.75) is 97.6 Å². The zero-order valence-corrected chi connectivity index (χ0v) is 26.5. The van der Waals surface area contributed by atoms with Crippen molar-refractivity contribution in [2.24, 2.45) is 0 Å². The van der Waals surface area contributed by atoms with E-state index in [-0.39, 0.29) is 26.4 Å². The Labute approximate surface area is 291 Å². The number of hydrogen-bond acceptors (Lipinski definition) is 8. The Bertz CT molecular complexity index is 1150. The zero-order chi connectivity index (χ0) is 45.5. The zero-order valence-electron chi connectivity index (χ0n) is 25.6. The summed E-state index contributed by atoms with van der Waals surface area (Å²) in [5.74, 6) is -64.7. The molecule has 6 atom stereocenters. The second-order valence-corrected chi connectivity index (χ2v) is 11.0. The number of aliphatic hydroxyl groups is 2. The summed E-state index contributed by atoms with van der Waals surface area (Å²) in [4.78, 5) is 17.6. The van der Waals surface area contributed by atoms with E-state index in [1.807, 2.05) is 9.05 Å². The Morgan fingerprint density at radius 3 is 0.911 bits per heavy atom. The van der Waals surface area contributed by atoms with Gasteiger partial charge in [0.05, 0.1) is 26.4 Å². The predicted molar refractivity (Wildman–Crippen MR) is 122 cm³/mol. The molecule has 0 saturated carbocycles. The third kappa shape index (κ3) is 11.6. The van der Waals surface area contributed by atoms with E-state index < -0.39 is 105 Å². The number of phosphoric acid groups is 1. The molecule has 0 aromatic carbocycles. The van der Waals surface area contributed by atoms with E-state index in [0.717, 1.165) is 0 Å². The van der Waals surface area contributed by atoms with Gasteiger partial charge in [-0.25, -0.2) is 57.5 Å². The molecule has 0 spiro atoms. The van der Waals surface area contributed by atoms with Crippen LogP contribution in [-0.2, 0) is 23.3 Å². The van der Waals surface area contributed by atoms with E-state index >= 15 is 0 Å². The Balaban J connectivity index is 0. The minimum atomic E-state index is -8.37. The van der Waals surface area contributed by atoms with Gasteiger partial charge in [-0.1, -0.05) is 5.64 Å². The first-order valence-electron chi connectivity index (χ1n) is 13.0. The van der Waals surface area contributed by atoms with Crippen molar-refractivity contribution >= 4 is 7.82 Å². The molecule has 0 amide bonds. The van der Waals surface area contributed by atoms with Crippen LogP contribution in [0.4, 0.5) is 114 Å². The molecule has 0 aliphatic heterocycles. The Hall–Kier alpha value is -1.91. The van der Waals surface area contributed by atoms with Crippen LogP contribution in [0, 0.1) is 0 Å². The van der Waals surface area contributed by atoms with Crippen LogP contribution < -0.4 is 5.64 Å². The van der Waals surface area contributed by atoms with Crippen molar-refractivity contribution < 1.29 is 153 Å². The average Bonchev–Trinajstić information content (AvgIpc) is 3.05. The van der Waals surface area contributed by atoms with Crippen molar-refractivity contribution in [3.05, 3.63) is 0 Å². The molecule has 9 nitrogen and oxygen atoms in total. The smallest absolute Gasteiger partial charge is 0.394 e. The first kappa shape index (κ1) is 56.2. The number of alkyl halides is 26. The molecule has 6 unspecified atom stereocenters. The van der Waals surface area contributed by atoms with E-state index in [4.69, 9.17) is 15.1 Å². The van der Waals surface area contributed by atoms with Gasteiger partial charge in [-0.05, 0) is 0 Å². The molecule has 0 fully saturated rings. The summed E-state index contributed by atoms with van der Waals surface area (Å²) in [6.45, 7) is 0.224. The normalized spacial score (nSPS) is 18.8. The number of rotatable bonds is 24. The van der Waals surface area contributed by atoms with Gasteiger partial charge in [-0.15, -0.1) is 0 Å². The van der Waals surface area contributed by atoms with Crippen LogP contribution in [0.25, 0.3) is 0 Å². The van der Waals surface area contributed by atoms with Gasteiger partial charge in [0.1, 0.15) is 0 Å². The fourth-order valence-electron chi connectivity index (χ4n) is 2.73. The maximum atomic E-state index is 13.6. The lowest BCUT2D eigenvalue weighted by Gasteiger charge is -2.39. The minimum absolute atomic E-state index is 0.0600. The summed E-state index contributed by atoms with van der Waals surface area (Å²) in [6.07, 6.45) is -44.9. The van der Waals surface area contributed by atoms with Gasteiger partial charge in [0, 0.05) is 0 Å². The molecule has 0 aliphatic carbocycles. The number of nitrogens with one attached hydrogen (secondary N) is 1. The third-order valence-electron chi connectivity index (χ3n) is 5.72. The van der Waals surface area contributed by atoms with Gasteiger partial charge in [-0.3, -0.25) is 9.68 Å². The highest BCUT2D eigenvalue weighted by atomic mass is 31.2. The molecule has 0 aromatic rings. The largest absolute Gasteiger partial charge is 0.477 e. The molecule has 0 aromatic heterocycles. The third-order valence-corrected chi connectivity index (χ3v) is 6.63. The van der Waals surface area contributed by atoms with Crippen molar-refractivity contribution in [3.8, 4) is 0 Å². The van der Waals surface area contributed by atoms with Crippen LogP contribution >= 0.6 is 7.82 Å². The van der Waals surface area contributed by atoms with E-state index in [2.05, 4.69) is 15.3 Å². The highest BCUT2D eigenvalue weighted by Crippen LogP contribution is 2.61. The van der Waals surface area contributed by atoms with Crippen LogP contribution in [-0.4, -0.2) is 139 Å². The Morgan fingerprint density at radius 1 is 0.464 bits per heavy atom. The van der Waals surface area contributed by atoms with Crippen LogP contribution in [0.3, 0.4) is 0 Å². The first-order valence-corrected chi connectivity index (χ1v) is 14.5. The molecule has 56 heavy (non-hydrogen) atoms. The van der Waals surface area contributed by atoms with Gasteiger partial charge >= 0.3 is 55.2 Å². The maximum absolute atomic E-state index is 13.6. The summed E-state index contributed by atoms with van der Waals surface area (Å²) in [6, 6.07) is 0. The summed E-state index contributed by atoms with van der Waals surface area (Å²) >= 11 is 0. The van der Waals surface area contributed by atoms with Crippen molar-refractivity contribution in [1.29, 1.82) is 0 Å². The van der Waals surface area contributed by atoms with Gasteiger partial charge in [0.2, 0.25) is 12.3 Å². The second-order valence-electron chi connectivity index (χ2n) is 9.69. The van der Waals surface area contributed by atoms with Gasteiger partial charge in [0.15, 0.2) is 12.3 Å². The van der Waals surface area contributed by atoms with Crippen LogP contribution in [0.5, 0.6) is 0 Å². The molecule has 0 aliphatic rings. The lowest BCUT2D eigenvalue weighted by molar-refractivity contribution is -0.401. The minimum Gasteiger partial charge on any atom is -0.394 e. The molecular weight excluding hydrogens is 907 g/mol. The summed E-state index contributed by atoms with van der Waals surface area (Å²) in [7, 11) is -8.13. The van der Waals surface area contributed by atoms with Crippen LogP contribution in [0.2, 0.25) is 0 Å². The Kier molecular flexibility index (Phi) is 20.0. The molecule has 0 saturated heterocycles. The SMILES string of the molecule is O=P(O)(OC(F)C(F)(F)C(F)(F)C(F)(F)C(F)(F)C(F)C(F)C(F)F)OC(F)C(F)(F)C(F)(F)C(F)(F)C(F)(F)C(F)C(F)C(F)F.OCCONOCCO. The maximum Gasteiger partial charge on any atom is 0.477 e. The number of phosphoric ester groups is 1. The lowest BCUT2D eigenvalue weighted by atomic mass is 9.94. The first-order chi connectivity index (χ1) is 24.7. The summed E-state index contributed by atoms with van der Waals surface area (Å²) < 4.78 is 358. The van der Waals surface area contributed by atoms with E-state index in [1.165, 1.54) is 0 Å². The van der Waals surface area contributed by atoms with Crippen molar-refractivity contribution in [3.63, 3.8) is 0 Å². The molecule has 0 radical (unpaired) electrons. The molecule has 0 heterocycles. The van der Waals surface area contributed by atoms with E-state index in [9.17, 15) is 119 Å². The molecule has 0 rings (SSSR count). The molecular formula is C20H20F26NO8P. The Morgan fingerprint density at radius 2 is 0.696 bits per heavy atom. The highest BCUT2D eigenvalue weighted by molar-refractivity contribution is 7.47. The van der Waals surface area contributed by atoms with Crippen LogP contribution in [0.1, 0.15) is 0 Å². The lowest BCUT2D eigenvalue weighted by Crippen LogP contribution is -2.68.